The number of aromatic nitrogens is 1. The molecule has 0 aliphatic heterocycles. The molecule has 0 unspecified atom stereocenters. The summed E-state index contributed by atoms with van der Waals surface area (Å²) in [5.74, 6) is 0.777. The molecule has 0 fully saturated rings. The summed E-state index contributed by atoms with van der Waals surface area (Å²) < 4.78 is 0. The average molecular weight is 276 g/mol. The summed E-state index contributed by atoms with van der Waals surface area (Å²) in [6.45, 7) is 0. The molecular weight excluding hydrogens is 266 g/mol. The van der Waals surface area contributed by atoms with Gasteiger partial charge in [-0.1, -0.05) is 23.7 Å². The predicted molar refractivity (Wildman–Crippen MR) is 74.4 cm³/mol. The van der Waals surface area contributed by atoms with Crippen LogP contribution in [0.2, 0.25) is 5.02 Å². The Labute approximate surface area is 115 Å². The van der Waals surface area contributed by atoms with Crippen LogP contribution in [0.25, 0.3) is 0 Å². The zero-order chi connectivity index (χ0) is 13.0. The quantitative estimate of drug-likeness (QED) is 0.871. The first-order chi connectivity index (χ1) is 8.69. The Morgan fingerprint density at radius 3 is 2.61 bits per heavy atom. The fraction of sp³-hybridized carbons (Fsp3) is 0.0769. The maximum Gasteiger partial charge on any atom is 0.164 e. The molecule has 2 aromatic rings. The third kappa shape index (κ3) is 3.16. The first-order valence-electron chi connectivity index (χ1n) is 5.23. The fourth-order valence-corrected chi connectivity index (χ4v) is 2.31. The molecule has 2 N–H and O–H groups in total. The number of rotatable bonds is 3. The Morgan fingerprint density at radius 2 is 1.94 bits per heavy atom. The van der Waals surface area contributed by atoms with Crippen molar-refractivity contribution in [1.29, 1.82) is 5.26 Å². The highest BCUT2D eigenvalue weighted by molar-refractivity contribution is 7.98. The summed E-state index contributed by atoms with van der Waals surface area (Å²) >= 11 is 7.37. The van der Waals surface area contributed by atoms with Crippen LogP contribution in [0.4, 0.5) is 5.69 Å². The van der Waals surface area contributed by atoms with Crippen molar-refractivity contribution in [3.05, 3.63) is 52.7 Å². The highest BCUT2D eigenvalue weighted by Crippen LogP contribution is 2.23. The largest absolute Gasteiger partial charge is 0.396 e. The standard InChI is InChI=1S/C13H10ClN3S/c14-10-3-1-9(2-4-10)8-18-13-6-5-11(16)12(7-15)17-13/h1-6H,8,16H2. The van der Waals surface area contributed by atoms with Crippen molar-refractivity contribution in [3.8, 4) is 6.07 Å². The van der Waals surface area contributed by atoms with E-state index in [2.05, 4.69) is 4.98 Å². The molecule has 0 radical (unpaired) electrons. The molecule has 1 aromatic carbocycles. The van der Waals surface area contributed by atoms with Crippen LogP contribution in [-0.4, -0.2) is 4.98 Å². The molecule has 0 aliphatic rings. The number of hydrogen-bond acceptors (Lipinski definition) is 4. The maximum atomic E-state index is 8.84. The predicted octanol–water partition coefficient (Wildman–Crippen LogP) is 3.48. The minimum Gasteiger partial charge on any atom is -0.396 e. The van der Waals surface area contributed by atoms with Gasteiger partial charge in [0.25, 0.3) is 0 Å². The van der Waals surface area contributed by atoms with Gasteiger partial charge in [0.05, 0.1) is 10.7 Å². The van der Waals surface area contributed by atoms with Crippen LogP contribution >= 0.6 is 23.4 Å². The lowest BCUT2D eigenvalue weighted by molar-refractivity contribution is 1.10. The van der Waals surface area contributed by atoms with Crippen molar-refractivity contribution in [1.82, 2.24) is 4.98 Å². The molecule has 18 heavy (non-hydrogen) atoms. The van der Waals surface area contributed by atoms with Gasteiger partial charge in [-0.15, -0.1) is 11.8 Å². The van der Waals surface area contributed by atoms with Gasteiger partial charge in [0.2, 0.25) is 0 Å². The van der Waals surface area contributed by atoms with E-state index in [1.165, 1.54) is 0 Å². The molecule has 1 aromatic heterocycles. The van der Waals surface area contributed by atoms with E-state index in [0.717, 1.165) is 21.4 Å². The number of pyridine rings is 1. The molecule has 0 saturated carbocycles. The van der Waals surface area contributed by atoms with Crippen molar-refractivity contribution in [2.45, 2.75) is 10.8 Å². The molecule has 0 aliphatic carbocycles. The van der Waals surface area contributed by atoms with Crippen LogP contribution in [0.1, 0.15) is 11.3 Å². The van der Waals surface area contributed by atoms with E-state index >= 15 is 0 Å². The number of nitrogen functional groups attached to an aromatic ring is 1. The van der Waals surface area contributed by atoms with Crippen LogP contribution in [0.3, 0.4) is 0 Å². The molecule has 0 atom stereocenters. The normalized spacial score (nSPS) is 10.0. The van der Waals surface area contributed by atoms with E-state index in [1.807, 2.05) is 36.4 Å². The van der Waals surface area contributed by atoms with Crippen LogP contribution in [0.15, 0.2) is 41.4 Å². The summed E-state index contributed by atoms with van der Waals surface area (Å²) in [5.41, 5.74) is 7.45. The molecule has 2 rings (SSSR count). The Hall–Kier alpha value is -1.70. The Bertz CT molecular complexity index is 590. The summed E-state index contributed by atoms with van der Waals surface area (Å²) in [4.78, 5) is 4.17. The van der Waals surface area contributed by atoms with Gasteiger partial charge in [-0.3, -0.25) is 0 Å². The molecular formula is C13H10ClN3S. The van der Waals surface area contributed by atoms with Gasteiger partial charge in [0, 0.05) is 10.8 Å². The fourth-order valence-electron chi connectivity index (χ4n) is 1.36. The lowest BCUT2D eigenvalue weighted by atomic mass is 10.2. The molecule has 1 heterocycles. The highest BCUT2D eigenvalue weighted by Gasteiger charge is 2.03. The third-order valence-corrected chi connectivity index (χ3v) is 3.56. The zero-order valence-electron chi connectivity index (χ0n) is 9.43. The number of hydrogen-bond donors (Lipinski definition) is 1. The van der Waals surface area contributed by atoms with Gasteiger partial charge in [-0.05, 0) is 29.8 Å². The van der Waals surface area contributed by atoms with Crippen molar-refractivity contribution < 1.29 is 0 Å². The average Bonchev–Trinajstić information content (AvgIpc) is 2.39. The van der Waals surface area contributed by atoms with E-state index in [1.54, 1.807) is 17.8 Å². The van der Waals surface area contributed by atoms with Crippen molar-refractivity contribution >= 4 is 29.1 Å². The summed E-state index contributed by atoms with van der Waals surface area (Å²) in [5, 5.41) is 10.4. The smallest absolute Gasteiger partial charge is 0.164 e. The van der Waals surface area contributed by atoms with Crippen LogP contribution in [0.5, 0.6) is 0 Å². The monoisotopic (exact) mass is 275 g/mol. The second-order valence-electron chi connectivity index (χ2n) is 3.61. The Balaban J connectivity index is 2.06. The zero-order valence-corrected chi connectivity index (χ0v) is 11.0. The Kier molecular flexibility index (Phi) is 4.08. The first kappa shape index (κ1) is 12.7. The van der Waals surface area contributed by atoms with Crippen LogP contribution in [0, 0.1) is 11.3 Å². The van der Waals surface area contributed by atoms with Gasteiger partial charge < -0.3 is 5.73 Å². The van der Waals surface area contributed by atoms with Crippen LogP contribution in [-0.2, 0) is 5.75 Å². The SMILES string of the molecule is N#Cc1nc(SCc2ccc(Cl)cc2)ccc1N. The van der Waals surface area contributed by atoms with E-state index in [9.17, 15) is 0 Å². The Morgan fingerprint density at radius 1 is 1.22 bits per heavy atom. The molecule has 90 valence electrons. The van der Waals surface area contributed by atoms with Gasteiger partial charge in [0.15, 0.2) is 5.69 Å². The first-order valence-corrected chi connectivity index (χ1v) is 6.59. The highest BCUT2D eigenvalue weighted by atomic mass is 35.5. The number of nitriles is 1. The van der Waals surface area contributed by atoms with Gasteiger partial charge >= 0.3 is 0 Å². The third-order valence-electron chi connectivity index (χ3n) is 2.31. The van der Waals surface area contributed by atoms with E-state index in [4.69, 9.17) is 22.6 Å². The van der Waals surface area contributed by atoms with Gasteiger partial charge in [0.1, 0.15) is 6.07 Å². The summed E-state index contributed by atoms with van der Waals surface area (Å²) in [6.07, 6.45) is 0. The topological polar surface area (TPSA) is 62.7 Å². The number of nitrogens with two attached hydrogens (primary N) is 1. The minimum absolute atomic E-state index is 0.274. The lowest BCUT2D eigenvalue weighted by Gasteiger charge is -2.03. The second kappa shape index (κ2) is 5.76. The number of halogens is 1. The number of nitrogens with zero attached hydrogens (tertiary/aromatic N) is 2. The summed E-state index contributed by atoms with van der Waals surface area (Å²) in [6, 6.07) is 13.1. The molecule has 5 heteroatoms. The molecule has 0 saturated heterocycles. The van der Waals surface area contributed by atoms with Crippen molar-refractivity contribution in [3.63, 3.8) is 0 Å². The minimum atomic E-state index is 0.274. The van der Waals surface area contributed by atoms with Crippen LogP contribution < -0.4 is 5.73 Å². The lowest BCUT2D eigenvalue weighted by Crippen LogP contribution is -1.94. The van der Waals surface area contributed by atoms with E-state index in [-0.39, 0.29) is 5.69 Å². The number of benzene rings is 1. The number of thioether (sulfide) groups is 1. The molecule has 0 spiro atoms. The van der Waals surface area contributed by atoms with E-state index < -0.39 is 0 Å². The summed E-state index contributed by atoms with van der Waals surface area (Å²) in [7, 11) is 0. The maximum absolute atomic E-state index is 8.84. The second-order valence-corrected chi connectivity index (χ2v) is 5.05. The van der Waals surface area contributed by atoms with E-state index in [0.29, 0.717) is 5.69 Å². The molecule has 0 bridgehead atoms. The number of anilines is 1. The van der Waals surface area contributed by atoms with Crippen molar-refractivity contribution in [2.24, 2.45) is 0 Å². The van der Waals surface area contributed by atoms with Gasteiger partial charge in [-0.2, -0.15) is 5.26 Å². The molecule has 0 amide bonds. The van der Waals surface area contributed by atoms with Gasteiger partial charge in [-0.25, -0.2) is 4.98 Å². The van der Waals surface area contributed by atoms with Crippen molar-refractivity contribution in [2.75, 3.05) is 5.73 Å². The molecule has 3 nitrogen and oxygen atoms in total.